The maximum atomic E-state index is 16.0. The Morgan fingerprint density at radius 1 is 1.01 bits per heavy atom. The highest BCUT2D eigenvalue weighted by Crippen LogP contribution is 2.45. The smallest absolute Gasteiger partial charge is 0.293 e. The van der Waals surface area contributed by atoms with Gasteiger partial charge in [-0.15, -0.1) is 0 Å². The van der Waals surface area contributed by atoms with E-state index >= 15 is 4.39 Å². The van der Waals surface area contributed by atoms with Gasteiger partial charge in [0.15, 0.2) is 6.10 Å². The molecule has 3 aliphatic heterocycles. The third-order valence-electron chi connectivity index (χ3n) is 13.8. The van der Waals surface area contributed by atoms with Crippen molar-refractivity contribution < 1.29 is 32.0 Å². The van der Waals surface area contributed by atoms with Gasteiger partial charge >= 0.3 is 0 Å². The number of benzene rings is 3. The highest BCUT2D eigenvalue weighted by atomic mass is 35.5. The maximum Gasteiger partial charge on any atom is 0.293 e. The summed E-state index contributed by atoms with van der Waals surface area (Å²) in [6, 6.07) is 20.6. The molecule has 5 aromatic rings. The monoisotopic (exact) mass is 968 g/mol. The summed E-state index contributed by atoms with van der Waals surface area (Å²) in [5.41, 5.74) is 4.22. The molecule has 68 heavy (non-hydrogen) atoms. The number of ether oxygens (including phenoxy) is 2. The van der Waals surface area contributed by atoms with Gasteiger partial charge in [0, 0.05) is 80.8 Å². The number of hydrogen-bond donors (Lipinski definition) is 3. The van der Waals surface area contributed by atoms with Gasteiger partial charge in [-0.25, -0.2) is 17.5 Å². The van der Waals surface area contributed by atoms with Crippen LogP contribution in [-0.4, -0.2) is 105 Å². The average molecular weight is 970 g/mol. The average Bonchev–Trinajstić information content (AvgIpc) is 3.78. The molecular weight excluding hydrogens is 911 g/mol. The number of aromatic amines is 1. The van der Waals surface area contributed by atoms with Crippen LogP contribution in [0.4, 0.5) is 32.8 Å². The molecule has 15 nitrogen and oxygen atoms in total. The van der Waals surface area contributed by atoms with Crippen molar-refractivity contribution in [2.24, 2.45) is 11.3 Å². The number of H-pyrrole nitrogens is 1. The molecule has 18 heteroatoms. The zero-order valence-electron chi connectivity index (χ0n) is 38.8. The van der Waals surface area contributed by atoms with Gasteiger partial charge in [0.1, 0.15) is 22.7 Å². The second-order valence-electron chi connectivity index (χ2n) is 19.7. The van der Waals surface area contributed by atoms with E-state index in [1.165, 1.54) is 42.7 Å². The molecule has 3 N–H and O–H groups in total. The number of hydrogen-bond acceptors (Lipinski definition) is 12. The van der Waals surface area contributed by atoms with E-state index in [1.54, 1.807) is 23.2 Å². The second-order valence-corrected chi connectivity index (χ2v) is 21.8. The number of nitrogens with zero attached hydrogens (tertiary/aromatic N) is 5. The Labute approximate surface area is 401 Å². The number of carbonyl (C=O) groups is 1. The Hall–Kier alpha value is -5.75. The second kappa shape index (κ2) is 19.0. The minimum atomic E-state index is -4.65. The van der Waals surface area contributed by atoms with E-state index < -0.39 is 43.2 Å². The molecule has 1 aliphatic carbocycles. The molecule has 0 radical (unpaired) electrons. The largest absolute Gasteiger partial charge is 0.468 e. The molecule has 5 heterocycles. The number of piperazine rings is 1. The van der Waals surface area contributed by atoms with Crippen LogP contribution in [0.15, 0.2) is 89.5 Å². The number of nitro benzene ring substituents is 1. The molecule has 0 spiro atoms. The van der Waals surface area contributed by atoms with Gasteiger partial charge in [0.25, 0.3) is 21.6 Å². The molecule has 2 fully saturated rings. The van der Waals surface area contributed by atoms with Gasteiger partial charge in [-0.2, -0.15) is 4.98 Å². The number of allylic oxidation sites excluding steroid dienone is 1. The number of nitrogens with one attached hydrogen (secondary N) is 3. The van der Waals surface area contributed by atoms with Crippen molar-refractivity contribution in [2.75, 3.05) is 74.1 Å². The minimum Gasteiger partial charge on any atom is -0.468 e. The number of alkyl halides is 1. The predicted octanol–water partition coefficient (Wildman–Crippen LogP) is 9.51. The van der Waals surface area contributed by atoms with Crippen LogP contribution in [0.25, 0.3) is 16.6 Å². The summed E-state index contributed by atoms with van der Waals surface area (Å²) in [4.78, 5) is 39.9. The van der Waals surface area contributed by atoms with Crippen molar-refractivity contribution in [1.29, 1.82) is 0 Å². The lowest BCUT2D eigenvalue weighted by molar-refractivity contribution is -0.384. The lowest BCUT2D eigenvalue weighted by Crippen LogP contribution is -2.49. The fourth-order valence-electron chi connectivity index (χ4n) is 9.71. The Morgan fingerprint density at radius 2 is 1.76 bits per heavy atom. The van der Waals surface area contributed by atoms with Crippen LogP contribution in [0.1, 0.15) is 75.7 Å². The van der Waals surface area contributed by atoms with E-state index in [2.05, 4.69) is 55.8 Å². The zero-order valence-corrected chi connectivity index (χ0v) is 40.4. The molecule has 0 saturated carbocycles. The predicted molar refractivity (Wildman–Crippen MR) is 264 cm³/mol. The molecule has 2 saturated heterocycles. The summed E-state index contributed by atoms with van der Waals surface area (Å²) in [7, 11) is -4.65. The minimum absolute atomic E-state index is 0.0143. The van der Waals surface area contributed by atoms with Crippen molar-refractivity contribution in [2.45, 2.75) is 76.5 Å². The van der Waals surface area contributed by atoms with Crippen molar-refractivity contribution >= 4 is 72.6 Å². The molecule has 0 bridgehead atoms. The van der Waals surface area contributed by atoms with Crippen LogP contribution in [0.2, 0.25) is 5.02 Å². The van der Waals surface area contributed by atoms with Gasteiger partial charge in [0.05, 0.1) is 27.6 Å². The van der Waals surface area contributed by atoms with Crippen LogP contribution < -0.4 is 24.6 Å². The van der Waals surface area contributed by atoms with Gasteiger partial charge in [-0.05, 0) is 123 Å². The van der Waals surface area contributed by atoms with E-state index in [0.717, 1.165) is 68.9 Å². The molecule has 360 valence electrons. The third kappa shape index (κ3) is 10.3. The highest BCUT2D eigenvalue weighted by molar-refractivity contribution is 7.90. The molecule has 1 atom stereocenters. The number of amides is 1. The van der Waals surface area contributed by atoms with Crippen LogP contribution in [0.3, 0.4) is 0 Å². The molecule has 4 aliphatic rings. The van der Waals surface area contributed by atoms with Crippen LogP contribution >= 0.6 is 11.6 Å². The fraction of sp³-hybridized carbons (Fsp3) is 0.440. The normalized spacial score (nSPS) is 19.4. The van der Waals surface area contributed by atoms with Crippen LogP contribution in [0, 0.1) is 21.4 Å². The first-order valence-corrected chi connectivity index (χ1v) is 25.1. The Balaban J connectivity index is 1.02. The quantitative estimate of drug-likeness (QED) is 0.0754. The van der Waals surface area contributed by atoms with Gasteiger partial charge < -0.3 is 29.6 Å². The summed E-state index contributed by atoms with van der Waals surface area (Å²) in [6.07, 6.45) is 5.43. The molecule has 1 amide bonds. The number of fused-ring (bicyclic) bond motifs is 2. The number of pyridine rings is 1. The van der Waals surface area contributed by atoms with Crippen molar-refractivity contribution in [3.63, 3.8) is 0 Å². The van der Waals surface area contributed by atoms with E-state index in [0.29, 0.717) is 54.9 Å². The number of anilines is 4. The summed E-state index contributed by atoms with van der Waals surface area (Å²) < 4.78 is 57.8. The Kier molecular flexibility index (Phi) is 13.2. The molecule has 9 rings (SSSR count). The molecule has 2 aromatic heterocycles. The maximum absolute atomic E-state index is 16.0. The molecule has 1 unspecified atom stereocenters. The number of rotatable bonds is 13. The summed E-state index contributed by atoms with van der Waals surface area (Å²) >= 11 is 6.27. The molecule has 3 aromatic carbocycles. The summed E-state index contributed by atoms with van der Waals surface area (Å²) in [5.74, 6) is -0.574. The SMILES string of the molecule is CC1(C)CCC(CN2CCN(c3ccc(C(=O)NS(=O)(=O)c4ccc(NCC5CCOCC5)c([N+](=O)[O-])c4)c(N4CC(C(C)(C)F)Oc5nc6[nH]ccc6cc54)c3)CC2)=C(c2ccc(Cl)cc2)C1. The number of aromatic nitrogens is 2. The van der Waals surface area contributed by atoms with Crippen LogP contribution in [0.5, 0.6) is 5.88 Å². The summed E-state index contributed by atoms with van der Waals surface area (Å²) in [5, 5.41) is 16.8. The number of halogens is 2. The first-order valence-electron chi connectivity index (χ1n) is 23.3. The van der Waals surface area contributed by atoms with Gasteiger partial charge in [0.2, 0.25) is 5.88 Å². The van der Waals surface area contributed by atoms with E-state index in [-0.39, 0.29) is 35.0 Å². The first-order chi connectivity index (χ1) is 32.4. The van der Waals surface area contributed by atoms with Gasteiger partial charge in [-0.3, -0.25) is 19.8 Å². The van der Waals surface area contributed by atoms with Crippen molar-refractivity contribution in [1.82, 2.24) is 19.6 Å². The first kappa shape index (κ1) is 47.3. The fourth-order valence-corrected chi connectivity index (χ4v) is 10.8. The van der Waals surface area contributed by atoms with E-state index in [9.17, 15) is 23.3 Å². The third-order valence-corrected chi connectivity index (χ3v) is 15.4. The lowest BCUT2D eigenvalue weighted by Gasteiger charge is -2.41. The standard InChI is InChI=1S/C50H58ClFN8O7S/c1-49(2)17-13-35(40(28-49)33-5-7-36(51)8-6-33)30-57-19-21-58(22-20-57)37-9-11-39(42(26-37)59-31-45(50(3,4)52)67-48-44(59)25-34-14-18-53-46(34)55-48)47(61)56-68(64,65)38-10-12-41(43(27-38)60(62)63)54-29-32-15-23-66-24-16-32/h5-12,14,18,25-27,32,45,54H,13,15-17,19-24,28-31H2,1-4H3,(H,53,55)(H,56,61). The lowest BCUT2D eigenvalue weighted by atomic mass is 9.72. The Bertz CT molecular complexity index is 2850. The number of carbonyl (C=O) groups excluding carboxylic acids is 1. The Morgan fingerprint density at radius 3 is 2.49 bits per heavy atom. The molecular formula is C50H58ClFN8O7S. The zero-order chi connectivity index (χ0) is 48.0. The highest BCUT2D eigenvalue weighted by Gasteiger charge is 2.40. The van der Waals surface area contributed by atoms with Crippen LogP contribution in [-0.2, 0) is 14.8 Å². The van der Waals surface area contributed by atoms with Crippen molar-refractivity contribution in [3.05, 3.63) is 111 Å². The number of sulfonamides is 1. The number of nitro groups is 1. The van der Waals surface area contributed by atoms with Gasteiger partial charge in [-0.1, -0.05) is 43.2 Å². The van der Waals surface area contributed by atoms with E-state index in [1.807, 2.05) is 30.3 Å². The van der Waals surface area contributed by atoms with E-state index in [4.69, 9.17) is 21.1 Å². The topological polar surface area (TPSA) is 175 Å². The van der Waals surface area contributed by atoms with Crippen molar-refractivity contribution in [3.8, 4) is 5.88 Å². The summed E-state index contributed by atoms with van der Waals surface area (Å²) in [6.45, 7) is 12.9.